The molecule has 0 saturated carbocycles. The van der Waals surface area contributed by atoms with Gasteiger partial charge in [-0.05, 0) is 64.9 Å². The first-order valence-electron chi connectivity index (χ1n) is 11.2. The lowest BCUT2D eigenvalue weighted by atomic mass is 9.75. The minimum Gasteiger partial charge on any atom is -0.376 e. The Morgan fingerprint density at radius 3 is 2.54 bits per heavy atom. The normalized spacial score (nSPS) is 20.1. The third-order valence-electron chi connectivity index (χ3n) is 6.24. The summed E-state index contributed by atoms with van der Waals surface area (Å²) in [6.07, 6.45) is 3.65. The predicted molar refractivity (Wildman–Crippen MR) is 116 cm³/mol. The summed E-state index contributed by atoms with van der Waals surface area (Å²) in [6, 6.07) is 8.74. The van der Waals surface area contributed by atoms with Crippen molar-refractivity contribution >= 4 is 5.91 Å². The number of hydrogen-bond donors (Lipinski definition) is 2. The molecule has 2 rings (SSSR count). The fourth-order valence-electron chi connectivity index (χ4n) is 4.43. The molecule has 1 saturated heterocycles. The number of hydrogen-bond acceptors (Lipinski definition) is 2. The van der Waals surface area contributed by atoms with E-state index >= 15 is 0 Å². The van der Waals surface area contributed by atoms with Gasteiger partial charge in [0.05, 0.1) is 25.2 Å². The van der Waals surface area contributed by atoms with Gasteiger partial charge in [-0.15, -0.1) is 0 Å². The van der Waals surface area contributed by atoms with Crippen LogP contribution in [0.25, 0.3) is 0 Å². The number of nitrogens with one attached hydrogen (secondary N) is 2. The Labute approximate surface area is 172 Å². The molecule has 1 aliphatic heterocycles. The van der Waals surface area contributed by atoms with E-state index in [2.05, 4.69) is 64.2 Å². The molecule has 1 heterocycles. The van der Waals surface area contributed by atoms with Gasteiger partial charge in [0, 0.05) is 26.0 Å². The average molecular weight is 390 g/mol. The number of quaternary nitrogens is 1. The van der Waals surface area contributed by atoms with E-state index < -0.39 is 0 Å². The molecule has 1 amide bonds. The Morgan fingerprint density at radius 1 is 1.25 bits per heavy atom. The molecular formula is C24H41N2O2+. The van der Waals surface area contributed by atoms with Crippen LogP contribution in [0.5, 0.6) is 0 Å². The van der Waals surface area contributed by atoms with Crippen molar-refractivity contribution in [2.24, 2.45) is 5.92 Å². The van der Waals surface area contributed by atoms with Gasteiger partial charge in [-0.2, -0.15) is 0 Å². The summed E-state index contributed by atoms with van der Waals surface area (Å²) < 4.78 is 5.93. The lowest BCUT2D eigenvalue weighted by Crippen LogP contribution is -3.11. The molecule has 158 valence electrons. The quantitative estimate of drug-likeness (QED) is 0.604. The zero-order chi connectivity index (χ0) is 20.6. The zero-order valence-corrected chi connectivity index (χ0v) is 18.6. The van der Waals surface area contributed by atoms with Crippen LogP contribution in [0.3, 0.4) is 0 Å². The molecule has 0 aliphatic carbocycles. The number of carbonyl (C=O) groups is 1. The summed E-state index contributed by atoms with van der Waals surface area (Å²) in [7, 11) is 0. The molecule has 0 bridgehead atoms. The van der Waals surface area contributed by atoms with Crippen LogP contribution in [0.15, 0.2) is 24.3 Å². The van der Waals surface area contributed by atoms with Gasteiger partial charge >= 0.3 is 0 Å². The number of ether oxygens (including phenoxy) is 1. The monoisotopic (exact) mass is 389 g/mol. The molecule has 2 atom stereocenters. The van der Waals surface area contributed by atoms with Crippen molar-refractivity contribution in [2.45, 2.75) is 71.8 Å². The molecule has 2 N–H and O–H groups in total. The predicted octanol–water partition coefficient (Wildman–Crippen LogP) is 3.10. The van der Waals surface area contributed by atoms with E-state index in [1.807, 2.05) is 0 Å². The molecule has 1 aromatic carbocycles. The van der Waals surface area contributed by atoms with Crippen LogP contribution in [0.1, 0.15) is 70.4 Å². The standard InChI is InChI=1S/C24H40N2O2/c1-6-26(7-2)15-8-14-25-23(27)17-22(20-11-9-19(3)10-12-20)21-13-16-28-24(4,5)18-21/h9-12,21-22H,6-8,13-18H2,1-5H3,(H,25,27)/p+1/t21-,22-/m1/s1. The third-order valence-corrected chi connectivity index (χ3v) is 6.24. The third kappa shape index (κ3) is 7.21. The summed E-state index contributed by atoms with van der Waals surface area (Å²) >= 11 is 0. The largest absolute Gasteiger partial charge is 0.376 e. The molecule has 0 unspecified atom stereocenters. The van der Waals surface area contributed by atoms with Gasteiger partial charge in [-0.3, -0.25) is 4.79 Å². The maximum atomic E-state index is 12.7. The molecule has 1 aliphatic rings. The molecule has 0 radical (unpaired) electrons. The Kier molecular flexibility index (Phi) is 8.97. The highest BCUT2D eigenvalue weighted by molar-refractivity contribution is 5.76. The van der Waals surface area contributed by atoms with E-state index in [1.165, 1.54) is 11.1 Å². The smallest absolute Gasteiger partial charge is 0.220 e. The second kappa shape index (κ2) is 11.0. The molecular weight excluding hydrogens is 348 g/mol. The van der Waals surface area contributed by atoms with Crippen molar-refractivity contribution in [3.8, 4) is 0 Å². The van der Waals surface area contributed by atoms with Crippen LogP contribution in [0.4, 0.5) is 0 Å². The van der Waals surface area contributed by atoms with E-state index in [1.54, 1.807) is 4.90 Å². The first-order chi connectivity index (χ1) is 13.3. The van der Waals surface area contributed by atoms with Gasteiger partial charge in [-0.25, -0.2) is 0 Å². The summed E-state index contributed by atoms with van der Waals surface area (Å²) in [4.78, 5) is 14.3. The first kappa shape index (κ1) is 22.9. The van der Waals surface area contributed by atoms with Crippen molar-refractivity contribution in [1.29, 1.82) is 0 Å². The highest BCUT2D eigenvalue weighted by atomic mass is 16.5. The van der Waals surface area contributed by atoms with Crippen molar-refractivity contribution in [3.05, 3.63) is 35.4 Å². The van der Waals surface area contributed by atoms with Crippen LogP contribution in [-0.2, 0) is 9.53 Å². The van der Waals surface area contributed by atoms with Crippen molar-refractivity contribution in [1.82, 2.24) is 5.32 Å². The maximum Gasteiger partial charge on any atom is 0.220 e. The van der Waals surface area contributed by atoms with E-state index in [-0.39, 0.29) is 17.4 Å². The van der Waals surface area contributed by atoms with Gasteiger partial charge in [0.2, 0.25) is 5.91 Å². The minimum absolute atomic E-state index is 0.102. The number of carbonyl (C=O) groups excluding carboxylic acids is 1. The topological polar surface area (TPSA) is 42.8 Å². The van der Waals surface area contributed by atoms with Crippen LogP contribution in [-0.4, -0.2) is 44.3 Å². The highest BCUT2D eigenvalue weighted by Crippen LogP contribution is 2.40. The van der Waals surface area contributed by atoms with E-state index in [0.29, 0.717) is 12.3 Å². The molecule has 0 spiro atoms. The molecule has 1 fully saturated rings. The lowest BCUT2D eigenvalue weighted by molar-refractivity contribution is -0.896. The lowest BCUT2D eigenvalue weighted by Gasteiger charge is -2.39. The first-order valence-corrected chi connectivity index (χ1v) is 11.2. The van der Waals surface area contributed by atoms with Crippen molar-refractivity contribution in [2.75, 3.05) is 32.8 Å². The second-order valence-corrected chi connectivity index (χ2v) is 8.99. The molecule has 4 nitrogen and oxygen atoms in total. The van der Waals surface area contributed by atoms with E-state index in [9.17, 15) is 4.79 Å². The summed E-state index contributed by atoms with van der Waals surface area (Å²) in [5.74, 6) is 0.930. The van der Waals surface area contributed by atoms with Crippen LogP contribution in [0.2, 0.25) is 0 Å². The summed E-state index contributed by atoms with van der Waals surface area (Å²) in [5, 5.41) is 3.17. The number of aryl methyl sites for hydroxylation is 1. The van der Waals surface area contributed by atoms with Crippen molar-refractivity contribution < 1.29 is 14.4 Å². The Morgan fingerprint density at radius 2 is 1.93 bits per heavy atom. The van der Waals surface area contributed by atoms with Gasteiger partial charge < -0.3 is 15.0 Å². The Balaban J connectivity index is 1.97. The minimum atomic E-state index is -0.102. The molecule has 4 heteroatoms. The number of amides is 1. The summed E-state index contributed by atoms with van der Waals surface area (Å²) in [5.41, 5.74) is 2.45. The maximum absolute atomic E-state index is 12.7. The Hall–Kier alpha value is -1.39. The number of rotatable bonds is 10. The van der Waals surface area contributed by atoms with Crippen molar-refractivity contribution in [3.63, 3.8) is 0 Å². The summed E-state index contributed by atoms with van der Waals surface area (Å²) in [6.45, 7) is 15.9. The molecule has 1 aromatic rings. The highest BCUT2D eigenvalue weighted by Gasteiger charge is 2.35. The van der Waals surface area contributed by atoms with Gasteiger partial charge in [0.25, 0.3) is 0 Å². The van der Waals surface area contributed by atoms with Crippen LogP contribution >= 0.6 is 0 Å². The second-order valence-electron chi connectivity index (χ2n) is 8.99. The fourth-order valence-corrected chi connectivity index (χ4v) is 4.43. The number of benzene rings is 1. The van der Waals surface area contributed by atoms with E-state index in [4.69, 9.17) is 4.74 Å². The van der Waals surface area contributed by atoms with Gasteiger partial charge in [0.1, 0.15) is 0 Å². The molecule has 0 aromatic heterocycles. The Bertz CT molecular complexity index is 593. The average Bonchev–Trinajstić information content (AvgIpc) is 2.66. The van der Waals surface area contributed by atoms with Crippen LogP contribution in [0, 0.1) is 12.8 Å². The van der Waals surface area contributed by atoms with Gasteiger partial charge in [0.15, 0.2) is 0 Å². The van der Waals surface area contributed by atoms with E-state index in [0.717, 1.165) is 52.0 Å². The zero-order valence-electron chi connectivity index (χ0n) is 18.6. The van der Waals surface area contributed by atoms with Gasteiger partial charge in [-0.1, -0.05) is 29.8 Å². The van der Waals surface area contributed by atoms with Crippen LogP contribution < -0.4 is 10.2 Å². The fraction of sp³-hybridized carbons (Fsp3) is 0.708. The molecule has 28 heavy (non-hydrogen) atoms. The SMILES string of the molecule is CC[NH+](CC)CCCNC(=O)C[C@H](c1ccc(C)cc1)[C@@H]1CCOC(C)(C)C1.